The number of amides is 1. The normalized spacial score (nSPS) is 10.8. The number of aromatic nitrogens is 2. The molecule has 0 aliphatic carbocycles. The second-order valence-electron chi connectivity index (χ2n) is 4.49. The van der Waals surface area contributed by atoms with Crippen molar-refractivity contribution in [2.45, 2.75) is 26.5 Å². The van der Waals surface area contributed by atoms with Crippen LogP contribution >= 0.6 is 11.3 Å². The molecule has 0 aromatic carbocycles. The first kappa shape index (κ1) is 14.2. The summed E-state index contributed by atoms with van der Waals surface area (Å²) in [6.45, 7) is 4.32. The van der Waals surface area contributed by atoms with Gasteiger partial charge in [-0.1, -0.05) is 0 Å². The van der Waals surface area contributed by atoms with Gasteiger partial charge in [-0.05, 0) is 13.8 Å². The van der Waals surface area contributed by atoms with E-state index in [0.717, 1.165) is 5.56 Å². The monoisotopic (exact) mass is 295 g/mol. The van der Waals surface area contributed by atoms with E-state index in [1.807, 2.05) is 13.8 Å². The van der Waals surface area contributed by atoms with Gasteiger partial charge in [0.1, 0.15) is 15.6 Å². The smallest absolute Gasteiger partial charge is 0.261 e. The number of nitrogen functional groups attached to an aromatic ring is 1. The zero-order chi connectivity index (χ0) is 14.7. The molecule has 0 radical (unpaired) electrons. The van der Waals surface area contributed by atoms with E-state index in [9.17, 15) is 4.79 Å². The summed E-state index contributed by atoms with van der Waals surface area (Å²) in [5, 5.41) is 10.5. The first-order valence-electron chi connectivity index (χ1n) is 6.09. The molecule has 0 atom stereocenters. The lowest BCUT2D eigenvalue weighted by Gasteiger charge is -2.12. The van der Waals surface area contributed by atoms with Gasteiger partial charge in [0.05, 0.1) is 12.3 Å². The van der Waals surface area contributed by atoms with Gasteiger partial charge in [0.15, 0.2) is 5.75 Å². The molecule has 0 unspecified atom stereocenters. The number of nitrogens with zero attached hydrogens (tertiary/aromatic N) is 1. The topological polar surface area (TPSA) is 119 Å². The Morgan fingerprint density at radius 3 is 2.90 bits per heavy atom. The van der Waals surface area contributed by atoms with E-state index in [2.05, 4.69) is 15.5 Å². The Morgan fingerprint density at radius 2 is 2.35 bits per heavy atom. The number of H-pyrrole nitrogens is 1. The molecule has 0 aliphatic heterocycles. The fourth-order valence-corrected chi connectivity index (χ4v) is 2.54. The number of nitrogens with two attached hydrogens (primary N) is 2. The zero-order valence-electron chi connectivity index (χ0n) is 11.3. The molecule has 1 amide bonds. The van der Waals surface area contributed by atoms with Crippen LogP contribution in [0.4, 0.5) is 10.7 Å². The molecule has 2 heterocycles. The number of hydrogen-bond acceptors (Lipinski definition) is 6. The Balaban J connectivity index is 2.25. The summed E-state index contributed by atoms with van der Waals surface area (Å²) in [5.74, 6) is -0.0836. The van der Waals surface area contributed by atoms with Gasteiger partial charge in [-0.3, -0.25) is 9.89 Å². The SMILES string of the molecule is CC(C)Oc1c(NCc2cn[nH]c2)sc(C(N)=O)c1N. The van der Waals surface area contributed by atoms with Crippen LogP contribution < -0.4 is 21.5 Å². The number of rotatable bonds is 6. The molecule has 0 saturated carbocycles. The summed E-state index contributed by atoms with van der Waals surface area (Å²) in [7, 11) is 0. The van der Waals surface area contributed by atoms with Crippen molar-refractivity contribution in [2.75, 3.05) is 11.1 Å². The van der Waals surface area contributed by atoms with E-state index in [4.69, 9.17) is 16.2 Å². The fourth-order valence-electron chi connectivity index (χ4n) is 1.64. The van der Waals surface area contributed by atoms with E-state index >= 15 is 0 Å². The molecule has 0 saturated heterocycles. The molecule has 0 aliphatic rings. The lowest BCUT2D eigenvalue weighted by atomic mass is 10.3. The van der Waals surface area contributed by atoms with E-state index in [1.165, 1.54) is 11.3 Å². The van der Waals surface area contributed by atoms with Crippen molar-refractivity contribution in [3.05, 3.63) is 22.8 Å². The summed E-state index contributed by atoms with van der Waals surface area (Å²) in [6.07, 6.45) is 3.44. The van der Waals surface area contributed by atoms with Crippen LogP contribution in [0.3, 0.4) is 0 Å². The van der Waals surface area contributed by atoms with E-state index < -0.39 is 5.91 Å². The largest absolute Gasteiger partial charge is 0.486 e. The maximum atomic E-state index is 11.4. The Labute approximate surface area is 120 Å². The standard InChI is InChI=1S/C12H17N5O2S/c1-6(2)19-9-8(13)10(11(14)18)20-12(9)15-3-7-4-16-17-5-7/h4-6,15H,3,13H2,1-2H3,(H2,14,18)(H,16,17). The first-order valence-corrected chi connectivity index (χ1v) is 6.91. The minimum atomic E-state index is -0.558. The Bertz CT molecular complexity index is 591. The molecule has 2 aromatic heterocycles. The fraction of sp³-hybridized carbons (Fsp3) is 0.333. The summed E-state index contributed by atoms with van der Waals surface area (Å²) < 4.78 is 5.67. The molecular weight excluding hydrogens is 278 g/mol. The Morgan fingerprint density at radius 1 is 1.60 bits per heavy atom. The van der Waals surface area contributed by atoms with Gasteiger partial charge in [0.25, 0.3) is 5.91 Å². The average molecular weight is 295 g/mol. The maximum Gasteiger partial charge on any atom is 0.261 e. The van der Waals surface area contributed by atoms with Crippen LogP contribution in [0.2, 0.25) is 0 Å². The number of anilines is 2. The van der Waals surface area contributed by atoms with Crippen LogP contribution in [0.5, 0.6) is 5.75 Å². The number of nitrogens with one attached hydrogen (secondary N) is 2. The second kappa shape index (κ2) is 5.83. The minimum Gasteiger partial charge on any atom is -0.486 e. The number of primary amides is 1. The summed E-state index contributed by atoms with van der Waals surface area (Å²) in [6, 6.07) is 0. The lowest BCUT2D eigenvalue weighted by molar-refractivity contribution is 0.100. The van der Waals surface area contributed by atoms with Crippen molar-refractivity contribution in [2.24, 2.45) is 5.73 Å². The van der Waals surface area contributed by atoms with E-state index in [1.54, 1.807) is 12.4 Å². The summed E-state index contributed by atoms with van der Waals surface area (Å²) in [5.41, 5.74) is 12.5. The van der Waals surface area contributed by atoms with Crippen LogP contribution in [0.15, 0.2) is 12.4 Å². The average Bonchev–Trinajstić information content (AvgIpc) is 2.97. The Kier molecular flexibility index (Phi) is 4.14. The van der Waals surface area contributed by atoms with Crippen LogP contribution in [0.25, 0.3) is 0 Å². The Hall–Kier alpha value is -2.22. The molecule has 0 bridgehead atoms. The lowest BCUT2D eigenvalue weighted by Crippen LogP contribution is -2.12. The van der Waals surface area contributed by atoms with Crippen molar-refractivity contribution in [1.29, 1.82) is 0 Å². The van der Waals surface area contributed by atoms with Crippen LogP contribution in [-0.2, 0) is 6.54 Å². The predicted octanol–water partition coefficient (Wildman–Crippen LogP) is 1.55. The molecule has 2 aromatic rings. The zero-order valence-corrected chi connectivity index (χ0v) is 12.1. The van der Waals surface area contributed by atoms with Gasteiger partial charge >= 0.3 is 0 Å². The quantitative estimate of drug-likeness (QED) is 0.644. The van der Waals surface area contributed by atoms with Crippen LogP contribution in [0, 0.1) is 0 Å². The minimum absolute atomic E-state index is 0.0536. The van der Waals surface area contributed by atoms with Gasteiger partial charge in [-0.2, -0.15) is 5.10 Å². The van der Waals surface area contributed by atoms with E-state index in [-0.39, 0.29) is 11.8 Å². The van der Waals surface area contributed by atoms with Gasteiger partial charge in [0.2, 0.25) is 0 Å². The molecule has 108 valence electrons. The molecule has 6 N–H and O–H groups in total. The van der Waals surface area contributed by atoms with Gasteiger partial charge in [0, 0.05) is 18.3 Å². The van der Waals surface area contributed by atoms with Crippen molar-refractivity contribution < 1.29 is 9.53 Å². The third kappa shape index (κ3) is 3.02. The first-order chi connectivity index (χ1) is 9.49. The third-order valence-corrected chi connectivity index (χ3v) is 3.64. The highest BCUT2D eigenvalue weighted by molar-refractivity contribution is 7.19. The van der Waals surface area contributed by atoms with Gasteiger partial charge in [-0.25, -0.2) is 0 Å². The van der Waals surface area contributed by atoms with E-state index in [0.29, 0.717) is 22.2 Å². The molecule has 2 rings (SSSR count). The van der Waals surface area contributed by atoms with Crippen molar-refractivity contribution in [3.8, 4) is 5.75 Å². The van der Waals surface area contributed by atoms with Crippen LogP contribution in [0.1, 0.15) is 29.1 Å². The second-order valence-corrected chi connectivity index (χ2v) is 5.51. The highest BCUT2D eigenvalue weighted by Gasteiger charge is 2.21. The highest BCUT2D eigenvalue weighted by atomic mass is 32.1. The number of ether oxygens (including phenoxy) is 1. The molecule has 20 heavy (non-hydrogen) atoms. The molecule has 8 heteroatoms. The van der Waals surface area contributed by atoms with Crippen molar-refractivity contribution in [3.63, 3.8) is 0 Å². The van der Waals surface area contributed by atoms with Crippen molar-refractivity contribution >= 4 is 27.9 Å². The number of carbonyl (C=O) groups excluding carboxylic acids is 1. The van der Waals surface area contributed by atoms with Gasteiger partial charge in [-0.15, -0.1) is 11.3 Å². The predicted molar refractivity (Wildman–Crippen MR) is 78.9 cm³/mol. The maximum absolute atomic E-state index is 11.4. The van der Waals surface area contributed by atoms with Crippen molar-refractivity contribution in [1.82, 2.24) is 10.2 Å². The third-order valence-electron chi connectivity index (χ3n) is 2.48. The highest BCUT2D eigenvalue weighted by Crippen LogP contribution is 2.43. The number of thiophene rings is 1. The number of hydrogen-bond donors (Lipinski definition) is 4. The molecule has 0 spiro atoms. The summed E-state index contributed by atoms with van der Waals surface area (Å²) >= 11 is 1.19. The molecule has 7 nitrogen and oxygen atoms in total. The summed E-state index contributed by atoms with van der Waals surface area (Å²) in [4.78, 5) is 11.7. The van der Waals surface area contributed by atoms with Crippen LogP contribution in [-0.4, -0.2) is 22.2 Å². The molecular formula is C12H17N5O2S. The van der Waals surface area contributed by atoms with Gasteiger partial charge < -0.3 is 21.5 Å². The molecule has 0 fully saturated rings. The number of carbonyl (C=O) groups is 1. The number of aromatic amines is 1.